The van der Waals surface area contributed by atoms with Crippen LogP contribution in [-0.4, -0.2) is 32.1 Å². The van der Waals surface area contributed by atoms with E-state index in [-0.39, 0.29) is 11.4 Å². The van der Waals surface area contributed by atoms with Crippen molar-refractivity contribution in [3.05, 3.63) is 29.8 Å². The molecule has 0 radical (unpaired) electrons. The van der Waals surface area contributed by atoms with E-state index < -0.39 is 22.0 Å². The van der Waals surface area contributed by atoms with Crippen LogP contribution in [0.15, 0.2) is 29.2 Å². The first kappa shape index (κ1) is 16.6. The molecule has 0 heterocycles. The van der Waals surface area contributed by atoms with Gasteiger partial charge in [0.15, 0.2) is 0 Å². The third-order valence-electron chi connectivity index (χ3n) is 2.88. The maximum atomic E-state index is 11.9. The van der Waals surface area contributed by atoms with Gasteiger partial charge in [0.05, 0.1) is 4.90 Å². The largest absolute Gasteiger partial charge is 0.480 e. The fourth-order valence-electron chi connectivity index (χ4n) is 1.62. The molecule has 7 heteroatoms. The van der Waals surface area contributed by atoms with Gasteiger partial charge in [0.1, 0.15) is 6.04 Å². The number of aryl methyl sites for hydroxylation is 1. The molecular formula is C13H20N2O4S. The van der Waals surface area contributed by atoms with Gasteiger partial charge in [0.25, 0.3) is 0 Å². The van der Waals surface area contributed by atoms with E-state index in [9.17, 15) is 13.2 Å². The minimum absolute atomic E-state index is 0.227. The van der Waals surface area contributed by atoms with Crippen molar-refractivity contribution in [2.75, 3.05) is 6.54 Å². The highest BCUT2D eigenvalue weighted by Crippen LogP contribution is 2.10. The molecule has 1 aromatic carbocycles. The SMILES string of the molecule is Cc1ccc(S(=O)(=O)NCCCC[C@@H](N)C(=O)O)cc1. The Hall–Kier alpha value is -1.44. The number of carbonyl (C=O) groups is 1. The van der Waals surface area contributed by atoms with Crippen LogP contribution in [0.3, 0.4) is 0 Å². The van der Waals surface area contributed by atoms with E-state index in [1.54, 1.807) is 24.3 Å². The van der Waals surface area contributed by atoms with Crippen LogP contribution in [0.2, 0.25) is 0 Å². The topological polar surface area (TPSA) is 109 Å². The first-order chi connectivity index (χ1) is 9.33. The van der Waals surface area contributed by atoms with Crippen molar-refractivity contribution in [3.8, 4) is 0 Å². The van der Waals surface area contributed by atoms with Crippen molar-refractivity contribution in [2.24, 2.45) is 5.73 Å². The van der Waals surface area contributed by atoms with Gasteiger partial charge in [-0.25, -0.2) is 13.1 Å². The lowest BCUT2D eigenvalue weighted by atomic mass is 10.1. The lowest BCUT2D eigenvalue weighted by molar-refractivity contribution is -0.138. The molecule has 0 saturated heterocycles. The smallest absolute Gasteiger partial charge is 0.320 e. The second kappa shape index (κ2) is 7.37. The number of carboxylic acids is 1. The van der Waals surface area contributed by atoms with Crippen LogP contribution < -0.4 is 10.5 Å². The van der Waals surface area contributed by atoms with Crippen molar-refractivity contribution >= 4 is 16.0 Å². The van der Waals surface area contributed by atoms with Gasteiger partial charge in [-0.3, -0.25) is 4.79 Å². The number of carboxylic acid groups (broad SMARTS) is 1. The number of benzene rings is 1. The Morgan fingerprint density at radius 3 is 2.45 bits per heavy atom. The number of aliphatic carboxylic acids is 1. The second-order valence-electron chi connectivity index (χ2n) is 4.65. The Bertz CT molecular complexity index is 540. The predicted octanol–water partition coefficient (Wildman–Crippen LogP) is 0.856. The number of rotatable bonds is 8. The van der Waals surface area contributed by atoms with Crippen LogP contribution in [0, 0.1) is 6.92 Å². The Kier molecular flexibility index (Phi) is 6.12. The van der Waals surface area contributed by atoms with Crippen molar-refractivity contribution in [1.82, 2.24) is 4.72 Å². The molecule has 1 atom stereocenters. The highest BCUT2D eigenvalue weighted by Gasteiger charge is 2.13. The minimum atomic E-state index is -3.49. The summed E-state index contributed by atoms with van der Waals surface area (Å²) < 4.78 is 26.3. The highest BCUT2D eigenvalue weighted by molar-refractivity contribution is 7.89. The molecule has 0 aliphatic heterocycles. The average molecular weight is 300 g/mol. The van der Waals surface area contributed by atoms with Crippen LogP contribution in [0.25, 0.3) is 0 Å². The van der Waals surface area contributed by atoms with E-state index >= 15 is 0 Å². The Labute approximate surface area is 119 Å². The molecule has 6 nitrogen and oxygen atoms in total. The maximum Gasteiger partial charge on any atom is 0.320 e. The molecule has 0 saturated carbocycles. The lowest BCUT2D eigenvalue weighted by Crippen LogP contribution is -2.30. The summed E-state index contributed by atoms with van der Waals surface area (Å²) in [5, 5.41) is 8.60. The first-order valence-corrected chi connectivity index (χ1v) is 7.86. The van der Waals surface area contributed by atoms with E-state index in [1.807, 2.05) is 6.92 Å². The minimum Gasteiger partial charge on any atom is -0.480 e. The van der Waals surface area contributed by atoms with Crippen LogP contribution in [0.1, 0.15) is 24.8 Å². The normalized spacial score (nSPS) is 13.1. The summed E-state index contributed by atoms with van der Waals surface area (Å²) in [6, 6.07) is 5.69. The van der Waals surface area contributed by atoms with Gasteiger partial charge in [-0.2, -0.15) is 0 Å². The van der Waals surface area contributed by atoms with E-state index in [1.165, 1.54) is 0 Å². The molecule has 0 spiro atoms. The number of nitrogens with one attached hydrogen (secondary N) is 1. The van der Waals surface area contributed by atoms with E-state index in [2.05, 4.69) is 4.72 Å². The van der Waals surface area contributed by atoms with Crippen LogP contribution >= 0.6 is 0 Å². The molecule has 0 bridgehead atoms. The molecule has 112 valence electrons. The van der Waals surface area contributed by atoms with Gasteiger partial charge in [0.2, 0.25) is 10.0 Å². The Balaban J connectivity index is 2.37. The number of hydrogen-bond donors (Lipinski definition) is 3. The van der Waals surface area contributed by atoms with Gasteiger partial charge < -0.3 is 10.8 Å². The average Bonchev–Trinajstić information content (AvgIpc) is 2.38. The molecule has 0 unspecified atom stereocenters. The van der Waals surface area contributed by atoms with Gasteiger partial charge in [0, 0.05) is 6.54 Å². The lowest BCUT2D eigenvalue weighted by Gasteiger charge is -2.08. The molecule has 0 fully saturated rings. The molecule has 0 aliphatic carbocycles. The van der Waals surface area contributed by atoms with Gasteiger partial charge in [-0.15, -0.1) is 0 Å². The number of unbranched alkanes of at least 4 members (excludes halogenated alkanes) is 1. The van der Waals surface area contributed by atoms with Crippen molar-refractivity contribution in [2.45, 2.75) is 37.1 Å². The summed E-state index contributed by atoms with van der Waals surface area (Å²) >= 11 is 0. The summed E-state index contributed by atoms with van der Waals surface area (Å²) in [4.78, 5) is 10.7. The van der Waals surface area contributed by atoms with Gasteiger partial charge in [-0.05, 0) is 31.9 Å². The molecule has 0 aromatic heterocycles. The molecule has 0 amide bonds. The number of hydrogen-bond acceptors (Lipinski definition) is 4. The van der Waals surface area contributed by atoms with Crippen LogP contribution in [0.5, 0.6) is 0 Å². The Morgan fingerprint density at radius 2 is 1.90 bits per heavy atom. The summed E-state index contributed by atoms with van der Waals surface area (Å²) in [5.41, 5.74) is 6.34. The van der Waals surface area contributed by atoms with Gasteiger partial charge in [-0.1, -0.05) is 24.1 Å². The van der Waals surface area contributed by atoms with Crippen LogP contribution in [0.4, 0.5) is 0 Å². The molecule has 4 N–H and O–H groups in total. The third kappa shape index (κ3) is 5.28. The molecular weight excluding hydrogens is 280 g/mol. The van der Waals surface area contributed by atoms with Crippen molar-refractivity contribution < 1.29 is 18.3 Å². The van der Waals surface area contributed by atoms with E-state index in [0.717, 1.165) is 5.56 Å². The number of nitrogens with two attached hydrogens (primary N) is 1. The fraction of sp³-hybridized carbons (Fsp3) is 0.462. The van der Waals surface area contributed by atoms with Crippen molar-refractivity contribution in [3.63, 3.8) is 0 Å². The van der Waals surface area contributed by atoms with Gasteiger partial charge >= 0.3 is 5.97 Å². The molecule has 0 aliphatic rings. The maximum absolute atomic E-state index is 11.9. The molecule has 20 heavy (non-hydrogen) atoms. The monoisotopic (exact) mass is 300 g/mol. The summed E-state index contributed by atoms with van der Waals surface area (Å²) in [6.07, 6.45) is 1.44. The zero-order chi connectivity index (χ0) is 15.2. The van der Waals surface area contributed by atoms with Crippen molar-refractivity contribution in [1.29, 1.82) is 0 Å². The summed E-state index contributed by atoms with van der Waals surface area (Å²) in [7, 11) is -3.49. The fourth-order valence-corrected chi connectivity index (χ4v) is 2.69. The standard InChI is InChI=1S/C13H20N2O4S/c1-10-5-7-11(8-6-10)20(18,19)15-9-3-2-4-12(14)13(16)17/h5-8,12,15H,2-4,9,14H2,1H3,(H,16,17)/t12-/m1/s1. The quantitative estimate of drug-likeness (QED) is 0.617. The highest BCUT2D eigenvalue weighted by atomic mass is 32.2. The van der Waals surface area contributed by atoms with E-state index in [4.69, 9.17) is 10.8 Å². The zero-order valence-electron chi connectivity index (χ0n) is 11.4. The first-order valence-electron chi connectivity index (χ1n) is 6.37. The molecule has 1 rings (SSSR count). The van der Waals surface area contributed by atoms with Crippen LogP contribution in [-0.2, 0) is 14.8 Å². The number of sulfonamides is 1. The predicted molar refractivity (Wildman–Crippen MR) is 75.8 cm³/mol. The summed E-state index contributed by atoms with van der Waals surface area (Å²) in [5.74, 6) is -1.04. The third-order valence-corrected chi connectivity index (χ3v) is 4.36. The van der Waals surface area contributed by atoms with E-state index in [0.29, 0.717) is 19.3 Å². The second-order valence-corrected chi connectivity index (χ2v) is 6.42. The summed E-state index contributed by atoms with van der Waals surface area (Å²) in [6.45, 7) is 2.15. The Morgan fingerprint density at radius 1 is 1.30 bits per heavy atom. The zero-order valence-corrected chi connectivity index (χ0v) is 12.2. The molecule has 1 aromatic rings.